The number of hydrogen-bond donors (Lipinski definition) is 2. The molecule has 2 amide bonds. The van der Waals surface area contributed by atoms with Crippen molar-refractivity contribution in [1.29, 1.82) is 0 Å². The lowest BCUT2D eigenvalue weighted by Gasteiger charge is -2.26. The van der Waals surface area contributed by atoms with E-state index in [1.807, 2.05) is 17.2 Å². The fraction of sp³-hybridized carbons (Fsp3) is 0.300. The van der Waals surface area contributed by atoms with Gasteiger partial charge in [-0.3, -0.25) is 4.68 Å². The number of nitrogens with one attached hydrogen (secondary N) is 2. The van der Waals surface area contributed by atoms with E-state index in [1.54, 1.807) is 18.0 Å². The van der Waals surface area contributed by atoms with Crippen LogP contribution in [0, 0.1) is 0 Å². The van der Waals surface area contributed by atoms with Gasteiger partial charge in [0.25, 0.3) is 0 Å². The van der Waals surface area contributed by atoms with E-state index in [0.717, 1.165) is 11.9 Å². The third-order valence-corrected chi connectivity index (χ3v) is 4.84. The van der Waals surface area contributed by atoms with Crippen LogP contribution in [-0.2, 0) is 11.3 Å². The molecule has 0 unspecified atom stereocenters. The summed E-state index contributed by atoms with van der Waals surface area (Å²) in [7, 11) is 1.65. The molecule has 2 N–H and O–H groups in total. The minimum Gasteiger partial charge on any atom is -0.383 e. The molecule has 2 aromatic heterocycles. The van der Waals surface area contributed by atoms with Gasteiger partial charge in [0.2, 0.25) is 0 Å². The van der Waals surface area contributed by atoms with Gasteiger partial charge in [-0.15, -0.1) is 0 Å². The first-order chi connectivity index (χ1) is 13.2. The summed E-state index contributed by atoms with van der Waals surface area (Å²) in [5.41, 5.74) is 4.34. The average molecular weight is 365 g/mol. The molecule has 3 aromatic rings. The lowest BCUT2D eigenvalue weighted by Crippen LogP contribution is -2.37. The number of carbonyl (C=O) groups is 1. The largest absolute Gasteiger partial charge is 0.383 e. The van der Waals surface area contributed by atoms with E-state index >= 15 is 0 Å². The molecule has 27 heavy (non-hydrogen) atoms. The Bertz CT molecular complexity index is 972. The van der Waals surface area contributed by atoms with Gasteiger partial charge in [0.05, 0.1) is 25.0 Å². The van der Waals surface area contributed by atoms with Crippen molar-refractivity contribution in [1.82, 2.24) is 19.7 Å². The van der Waals surface area contributed by atoms with E-state index in [9.17, 15) is 4.79 Å². The third-order valence-electron chi connectivity index (χ3n) is 4.84. The highest BCUT2D eigenvalue weighted by molar-refractivity contribution is 5.94. The molecule has 3 heterocycles. The van der Waals surface area contributed by atoms with Gasteiger partial charge in [0, 0.05) is 49.1 Å². The first-order valence-electron chi connectivity index (χ1n) is 9.07. The molecule has 0 atom stereocenters. The number of ether oxygens (including phenoxy) is 1. The zero-order chi connectivity index (χ0) is 18.6. The fourth-order valence-electron chi connectivity index (χ4n) is 3.37. The number of carbonyl (C=O) groups excluding carboxylic acids is 1. The molecule has 0 bridgehead atoms. The zero-order valence-electron chi connectivity index (χ0n) is 15.3. The predicted molar refractivity (Wildman–Crippen MR) is 106 cm³/mol. The van der Waals surface area contributed by atoms with Gasteiger partial charge in [-0.25, -0.2) is 4.79 Å². The highest BCUT2D eigenvalue weighted by Crippen LogP contribution is 2.29. The molecule has 1 aromatic carbocycles. The van der Waals surface area contributed by atoms with Gasteiger partial charge in [0.1, 0.15) is 0 Å². The van der Waals surface area contributed by atoms with Crippen molar-refractivity contribution in [3.63, 3.8) is 0 Å². The van der Waals surface area contributed by atoms with E-state index in [-0.39, 0.29) is 6.03 Å². The second kappa shape index (κ2) is 7.67. The Labute approximate surface area is 157 Å². The Morgan fingerprint density at radius 1 is 1.37 bits per heavy atom. The summed E-state index contributed by atoms with van der Waals surface area (Å²) in [5, 5.41) is 8.36. The molecule has 0 saturated heterocycles. The molecule has 4 rings (SSSR count). The Balaban J connectivity index is 1.39. The topological polar surface area (TPSA) is 75.2 Å². The van der Waals surface area contributed by atoms with Gasteiger partial charge >= 0.3 is 6.03 Å². The van der Waals surface area contributed by atoms with Crippen LogP contribution in [-0.4, -0.2) is 52.5 Å². The fourth-order valence-corrected chi connectivity index (χ4v) is 3.37. The maximum Gasteiger partial charge on any atom is 0.322 e. The second-order valence-electron chi connectivity index (χ2n) is 6.59. The highest BCUT2D eigenvalue weighted by Gasteiger charge is 2.19. The maximum atomic E-state index is 12.5. The van der Waals surface area contributed by atoms with E-state index in [0.29, 0.717) is 31.9 Å². The van der Waals surface area contributed by atoms with Crippen LogP contribution in [0.5, 0.6) is 0 Å². The van der Waals surface area contributed by atoms with Gasteiger partial charge in [0.15, 0.2) is 0 Å². The van der Waals surface area contributed by atoms with Crippen molar-refractivity contribution >= 4 is 28.2 Å². The van der Waals surface area contributed by atoms with Crippen LogP contribution in [0.3, 0.4) is 0 Å². The number of amides is 2. The van der Waals surface area contributed by atoms with Crippen LogP contribution in [0.15, 0.2) is 48.9 Å². The molecule has 140 valence electrons. The Hall–Kier alpha value is -3.06. The first kappa shape index (κ1) is 17.4. The van der Waals surface area contributed by atoms with Gasteiger partial charge < -0.3 is 19.9 Å². The normalized spacial score (nSPS) is 14.4. The molecule has 1 aliphatic heterocycles. The lowest BCUT2D eigenvalue weighted by molar-refractivity contribution is 0.183. The number of benzene rings is 1. The number of fused-ring (bicyclic) bond motifs is 1. The maximum absolute atomic E-state index is 12.5. The lowest BCUT2D eigenvalue weighted by atomic mass is 9.99. The minimum atomic E-state index is -0.101. The van der Waals surface area contributed by atoms with Crippen LogP contribution < -0.4 is 5.32 Å². The predicted octanol–water partition coefficient (Wildman–Crippen LogP) is 3.33. The summed E-state index contributed by atoms with van der Waals surface area (Å²) >= 11 is 0. The SMILES string of the molecule is COCCn1cc(NC(=O)N2CC=C(c3c[nH]c4ccccc34)CC2)cn1. The van der Waals surface area contributed by atoms with Crippen molar-refractivity contribution in [2.45, 2.75) is 13.0 Å². The zero-order valence-corrected chi connectivity index (χ0v) is 15.3. The molecule has 0 fully saturated rings. The van der Waals surface area contributed by atoms with Crippen molar-refractivity contribution in [2.75, 3.05) is 32.1 Å². The highest BCUT2D eigenvalue weighted by atomic mass is 16.5. The summed E-state index contributed by atoms with van der Waals surface area (Å²) in [5.74, 6) is 0. The number of para-hydroxylation sites is 1. The number of H-pyrrole nitrogens is 1. The number of anilines is 1. The summed E-state index contributed by atoms with van der Waals surface area (Å²) in [6, 6.07) is 8.18. The number of nitrogens with zero attached hydrogens (tertiary/aromatic N) is 3. The molecule has 1 aliphatic rings. The van der Waals surface area contributed by atoms with Gasteiger partial charge in [-0.2, -0.15) is 5.10 Å². The summed E-state index contributed by atoms with van der Waals surface area (Å²) in [6.45, 7) is 2.53. The molecule has 7 heteroatoms. The van der Waals surface area contributed by atoms with E-state index in [1.165, 1.54) is 16.5 Å². The summed E-state index contributed by atoms with van der Waals surface area (Å²) in [4.78, 5) is 17.6. The van der Waals surface area contributed by atoms with Crippen molar-refractivity contribution in [2.24, 2.45) is 0 Å². The van der Waals surface area contributed by atoms with E-state index < -0.39 is 0 Å². The monoisotopic (exact) mass is 365 g/mol. The summed E-state index contributed by atoms with van der Waals surface area (Å²) in [6.07, 6.45) is 8.50. The molecular weight excluding hydrogens is 342 g/mol. The van der Waals surface area contributed by atoms with Crippen LogP contribution in [0.1, 0.15) is 12.0 Å². The van der Waals surface area contributed by atoms with Crippen LogP contribution in [0.4, 0.5) is 10.5 Å². The quantitative estimate of drug-likeness (QED) is 0.728. The Kier molecular flexibility index (Phi) is 4.93. The standard InChI is InChI=1S/C20H23N5O2/c1-27-11-10-25-14-16(12-22-25)23-20(26)24-8-6-15(7-9-24)18-13-21-19-5-3-2-4-17(18)19/h2-6,12-14,21H,7-11H2,1H3,(H,23,26). The van der Waals surface area contributed by atoms with Gasteiger partial charge in [-0.05, 0) is 18.1 Å². The number of rotatable bonds is 5. The molecular formula is C20H23N5O2. The van der Waals surface area contributed by atoms with Crippen molar-refractivity contribution in [3.8, 4) is 0 Å². The van der Waals surface area contributed by atoms with Crippen molar-refractivity contribution < 1.29 is 9.53 Å². The van der Waals surface area contributed by atoms with Gasteiger partial charge in [-0.1, -0.05) is 24.3 Å². The molecule has 0 aliphatic carbocycles. The van der Waals surface area contributed by atoms with Crippen molar-refractivity contribution in [3.05, 3.63) is 54.5 Å². The number of aromatic nitrogens is 3. The molecule has 0 spiro atoms. The Morgan fingerprint density at radius 3 is 3.07 bits per heavy atom. The number of urea groups is 1. The van der Waals surface area contributed by atoms with Crippen LogP contribution in [0.2, 0.25) is 0 Å². The first-order valence-corrected chi connectivity index (χ1v) is 9.07. The summed E-state index contributed by atoms with van der Waals surface area (Å²) < 4.78 is 6.79. The Morgan fingerprint density at radius 2 is 2.26 bits per heavy atom. The third kappa shape index (κ3) is 3.73. The van der Waals surface area contributed by atoms with E-state index in [2.05, 4.69) is 45.9 Å². The number of methoxy groups -OCH3 is 1. The van der Waals surface area contributed by atoms with Crippen LogP contribution in [0.25, 0.3) is 16.5 Å². The smallest absolute Gasteiger partial charge is 0.322 e. The number of aromatic amines is 1. The average Bonchev–Trinajstić information content (AvgIpc) is 3.33. The molecule has 0 radical (unpaired) electrons. The molecule has 7 nitrogen and oxygen atoms in total. The van der Waals surface area contributed by atoms with E-state index in [4.69, 9.17) is 4.74 Å². The minimum absolute atomic E-state index is 0.101. The number of hydrogen-bond acceptors (Lipinski definition) is 3. The second-order valence-corrected chi connectivity index (χ2v) is 6.59. The molecule has 0 saturated carbocycles. The van der Waals surface area contributed by atoms with Crippen LogP contribution >= 0.6 is 0 Å².